The van der Waals surface area contributed by atoms with Gasteiger partial charge in [0.25, 0.3) is 10.1 Å². The third kappa shape index (κ3) is 5.24. The number of ether oxygens (including phenoxy) is 2. The fraction of sp³-hybridized carbons (Fsp3) is 0.846. The van der Waals surface area contributed by atoms with E-state index in [4.69, 9.17) is 0 Å². The molecule has 0 spiro atoms. The van der Waals surface area contributed by atoms with Crippen LogP contribution in [0.25, 0.3) is 0 Å². The van der Waals surface area contributed by atoms with Gasteiger partial charge in [-0.2, -0.15) is 34.8 Å². The molecule has 0 radical (unpaired) electrons. The van der Waals surface area contributed by atoms with E-state index in [1.165, 1.54) is 0 Å². The van der Waals surface area contributed by atoms with Gasteiger partial charge in [0.1, 0.15) is 0 Å². The number of esters is 2. The van der Waals surface area contributed by atoms with Gasteiger partial charge in [-0.25, -0.2) is 0 Å². The van der Waals surface area contributed by atoms with Gasteiger partial charge in [0.15, 0.2) is 13.2 Å². The first kappa shape index (κ1) is 21.7. The highest BCUT2D eigenvalue weighted by Crippen LogP contribution is 2.55. The second kappa shape index (κ2) is 7.11. The molecule has 0 aromatic heterocycles. The quantitative estimate of drug-likeness (QED) is 0.404. The molecule has 156 valence electrons. The maximum Gasteiger partial charge on any atom is 0.422 e. The third-order valence-electron chi connectivity index (χ3n) is 4.63. The van der Waals surface area contributed by atoms with Gasteiger partial charge in [0, 0.05) is 0 Å². The standard InChI is InChI=1S/C13H14F6O7S/c14-12(15,16)3-25-10(20)8-5-1-6(7(2-5)27(22,23)24)9(8)11(21)26-4-13(17,18)19/h5-9H,1-4H2,(H,22,23,24)/t5?,6-,7?,8?,9?/m0/s1. The molecule has 14 heteroatoms. The molecule has 4 unspecified atom stereocenters. The number of halogens is 6. The molecule has 0 aromatic rings. The van der Waals surface area contributed by atoms with Crippen LogP contribution in [-0.2, 0) is 29.2 Å². The van der Waals surface area contributed by atoms with Crippen molar-refractivity contribution >= 4 is 22.1 Å². The molecule has 2 bridgehead atoms. The smallest absolute Gasteiger partial charge is 0.422 e. The van der Waals surface area contributed by atoms with Crippen LogP contribution in [-0.4, -0.2) is 55.7 Å². The molecule has 27 heavy (non-hydrogen) atoms. The minimum absolute atomic E-state index is 0.165. The van der Waals surface area contributed by atoms with Gasteiger partial charge >= 0.3 is 24.3 Å². The topological polar surface area (TPSA) is 107 Å². The van der Waals surface area contributed by atoms with Crippen molar-refractivity contribution in [1.29, 1.82) is 0 Å². The van der Waals surface area contributed by atoms with Gasteiger partial charge < -0.3 is 9.47 Å². The van der Waals surface area contributed by atoms with Crippen LogP contribution in [0.3, 0.4) is 0 Å². The molecule has 2 fully saturated rings. The predicted molar refractivity (Wildman–Crippen MR) is 72.6 cm³/mol. The van der Waals surface area contributed by atoms with Crippen LogP contribution in [0, 0.1) is 23.7 Å². The van der Waals surface area contributed by atoms with E-state index < -0.39 is 76.5 Å². The Hall–Kier alpha value is -1.57. The molecule has 0 saturated heterocycles. The number of carbonyl (C=O) groups excluding carboxylic acids is 2. The number of fused-ring (bicyclic) bond motifs is 2. The molecule has 0 amide bonds. The summed E-state index contributed by atoms with van der Waals surface area (Å²) in [5.41, 5.74) is 0. The zero-order valence-corrected chi connectivity index (χ0v) is 14.1. The zero-order valence-electron chi connectivity index (χ0n) is 13.3. The molecular weight excluding hydrogens is 414 g/mol. The van der Waals surface area contributed by atoms with E-state index in [2.05, 4.69) is 9.47 Å². The molecule has 2 aliphatic carbocycles. The summed E-state index contributed by atoms with van der Waals surface area (Å²) in [5, 5.41) is -1.53. The molecule has 5 atom stereocenters. The van der Waals surface area contributed by atoms with Crippen LogP contribution in [0.4, 0.5) is 26.3 Å². The van der Waals surface area contributed by atoms with E-state index in [1.807, 2.05) is 0 Å². The lowest BCUT2D eigenvalue weighted by Crippen LogP contribution is -2.44. The summed E-state index contributed by atoms with van der Waals surface area (Å²) in [6, 6.07) is 0. The van der Waals surface area contributed by atoms with Gasteiger partial charge in [0.05, 0.1) is 17.1 Å². The molecule has 0 aliphatic heterocycles. The monoisotopic (exact) mass is 428 g/mol. The zero-order chi connectivity index (χ0) is 20.8. The fourth-order valence-electron chi connectivity index (χ4n) is 3.80. The summed E-state index contributed by atoms with van der Waals surface area (Å²) in [5.74, 6) is -8.64. The molecule has 2 aliphatic rings. The molecule has 1 N–H and O–H groups in total. The first-order valence-electron chi connectivity index (χ1n) is 7.53. The van der Waals surface area contributed by atoms with Crippen molar-refractivity contribution in [1.82, 2.24) is 0 Å². The van der Waals surface area contributed by atoms with E-state index in [0.29, 0.717) is 0 Å². The fourth-order valence-corrected chi connectivity index (χ4v) is 5.02. The van der Waals surface area contributed by atoms with E-state index in [0.717, 1.165) is 0 Å². The Kier molecular flexibility index (Phi) is 5.72. The summed E-state index contributed by atoms with van der Waals surface area (Å²) in [6.45, 7) is -3.98. The van der Waals surface area contributed by atoms with Crippen LogP contribution < -0.4 is 0 Å². The molecule has 2 saturated carbocycles. The normalized spacial score (nSPS) is 31.0. The maximum atomic E-state index is 12.2. The average Bonchev–Trinajstić information content (AvgIpc) is 3.06. The highest BCUT2D eigenvalue weighted by Gasteiger charge is 2.62. The van der Waals surface area contributed by atoms with Crippen molar-refractivity contribution in [2.75, 3.05) is 13.2 Å². The number of alkyl halides is 6. The summed E-state index contributed by atoms with van der Waals surface area (Å²) >= 11 is 0. The van der Waals surface area contributed by atoms with Gasteiger partial charge in [-0.3, -0.25) is 14.1 Å². The molecule has 2 rings (SSSR count). The van der Waals surface area contributed by atoms with Crippen molar-refractivity contribution in [3.63, 3.8) is 0 Å². The molecule has 0 aromatic carbocycles. The maximum absolute atomic E-state index is 12.2. The molecule has 0 heterocycles. The number of hydrogen-bond donors (Lipinski definition) is 1. The SMILES string of the molecule is O=C(OCC(F)(F)F)C1C2CC(S(=O)(=O)O)[C@H](C2)C1C(=O)OCC(F)(F)F. The van der Waals surface area contributed by atoms with Crippen molar-refractivity contribution in [2.24, 2.45) is 23.7 Å². The third-order valence-corrected chi connectivity index (χ3v) is 5.93. The van der Waals surface area contributed by atoms with Crippen molar-refractivity contribution in [3.8, 4) is 0 Å². The van der Waals surface area contributed by atoms with Crippen molar-refractivity contribution in [2.45, 2.75) is 30.4 Å². The Balaban J connectivity index is 2.22. The van der Waals surface area contributed by atoms with E-state index >= 15 is 0 Å². The average molecular weight is 428 g/mol. The van der Waals surface area contributed by atoms with Crippen LogP contribution >= 0.6 is 0 Å². The summed E-state index contributed by atoms with van der Waals surface area (Å²) in [4.78, 5) is 24.0. The Labute approximate surface area is 148 Å². The summed E-state index contributed by atoms with van der Waals surface area (Å²) < 4.78 is 113. The Morgan fingerprint density at radius 1 is 0.889 bits per heavy atom. The van der Waals surface area contributed by atoms with Crippen LogP contribution in [0.1, 0.15) is 12.8 Å². The van der Waals surface area contributed by atoms with E-state index in [-0.39, 0.29) is 12.8 Å². The predicted octanol–water partition coefficient (Wildman–Crippen LogP) is 1.73. The van der Waals surface area contributed by atoms with Crippen LogP contribution in [0.15, 0.2) is 0 Å². The lowest BCUT2D eigenvalue weighted by atomic mass is 9.79. The number of carbonyl (C=O) groups is 2. The number of rotatable bonds is 5. The lowest BCUT2D eigenvalue weighted by molar-refractivity contribution is -0.198. The second-order valence-electron chi connectivity index (χ2n) is 6.45. The van der Waals surface area contributed by atoms with Crippen molar-refractivity contribution < 1.29 is 58.4 Å². The first-order chi connectivity index (χ1) is 12.1. The number of hydrogen-bond acceptors (Lipinski definition) is 6. The highest BCUT2D eigenvalue weighted by molar-refractivity contribution is 7.86. The minimum atomic E-state index is -4.90. The van der Waals surface area contributed by atoms with Gasteiger partial charge in [-0.05, 0) is 24.7 Å². The molecular formula is C13H14F6O7S. The Bertz CT molecular complexity index is 701. The Morgan fingerprint density at radius 3 is 1.74 bits per heavy atom. The van der Waals surface area contributed by atoms with Gasteiger partial charge in [0.2, 0.25) is 0 Å². The van der Waals surface area contributed by atoms with Gasteiger partial charge in [-0.1, -0.05) is 0 Å². The van der Waals surface area contributed by atoms with E-state index in [1.54, 1.807) is 0 Å². The summed E-state index contributed by atoms with van der Waals surface area (Å²) in [6.07, 6.45) is -10.3. The minimum Gasteiger partial charge on any atom is -0.456 e. The Morgan fingerprint density at radius 2 is 1.33 bits per heavy atom. The van der Waals surface area contributed by atoms with Crippen LogP contribution in [0.5, 0.6) is 0 Å². The second-order valence-corrected chi connectivity index (χ2v) is 8.08. The lowest BCUT2D eigenvalue weighted by Gasteiger charge is -2.31. The van der Waals surface area contributed by atoms with Crippen molar-refractivity contribution in [3.05, 3.63) is 0 Å². The first-order valence-corrected chi connectivity index (χ1v) is 9.03. The summed E-state index contributed by atoms with van der Waals surface area (Å²) in [7, 11) is -4.69. The van der Waals surface area contributed by atoms with E-state index in [9.17, 15) is 48.9 Å². The largest absolute Gasteiger partial charge is 0.456 e. The van der Waals surface area contributed by atoms with Gasteiger partial charge in [-0.15, -0.1) is 0 Å². The highest BCUT2D eigenvalue weighted by atomic mass is 32.2. The van der Waals surface area contributed by atoms with Crippen LogP contribution in [0.2, 0.25) is 0 Å². The molecule has 7 nitrogen and oxygen atoms in total.